The smallest absolute Gasteiger partial charge is 0.242 e. The average Bonchev–Trinajstić information content (AvgIpc) is 2.67. The molecular weight excluding hydrogens is 264 g/mol. The second-order valence-electron chi connectivity index (χ2n) is 6.90. The van der Waals surface area contributed by atoms with Crippen LogP contribution in [0, 0.1) is 12.3 Å². The second-order valence-corrected chi connectivity index (χ2v) is 6.90. The molecule has 1 amide bonds. The highest BCUT2D eigenvalue weighted by Gasteiger charge is 2.34. The molecule has 1 atom stereocenters. The van der Waals surface area contributed by atoms with Crippen LogP contribution in [0.1, 0.15) is 57.2 Å². The fourth-order valence-electron chi connectivity index (χ4n) is 3.43. The number of hydrogen-bond acceptors (Lipinski definition) is 2. The van der Waals surface area contributed by atoms with E-state index in [2.05, 4.69) is 18.4 Å². The number of aliphatic hydroxyl groups excluding tert-OH is 1. The summed E-state index contributed by atoms with van der Waals surface area (Å²) in [7, 11) is 0. The monoisotopic (exact) mass is 292 g/mol. The first-order valence-electron chi connectivity index (χ1n) is 7.93. The molecule has 1 aliphatic carbocycles. The Morgan fingerprint density at radius 1 is 1.43 bits per heavy atom. The van der Waals surface area contributed by atoms with Crippen LogP contribution in [0.2, 0.25) is 0 Å². The molecule has 0 bridgehead atoms. The van der Waals surface area contributed by atoms with Crippen LogP contribution in [0.5, 0.6) is 0 Å². The van der Waals surface area contributed by atoms with Crippen molar-refractivity contribution in [2.75, 3.05) is 13.1 Å². The number of fused-ring (bicyclic) bond motifs is 1. The Labute approximate surface area is 127 Å². The van der Waals surface area contributed by atoms with Crippen molar-refractivity contribution in [3.8, 4) is 0 Å². The number of nitrogens with zero attached hydrogens (tertiary/aromatic N) is 2. The number of hydrogen-bond donors (Lipinski definition) is 1. The molecule has 2 rings (SSSR count). The third-order valence-corrected chi connectivity index (χ3v) is 4.61. The predicted molar refractivity (Wildman–Crippen MR) is 84.2 cm³/mol. The van der Waals surface area contributed by atoms with E-state index >= 15 is 0 Å². The number of likely N-dealkylation sites (N-methyl/N-ethyl adjacent to an activating group) is 1. The van der Waals surface area contributed by atoms with E-state index in [4.69, 9.17) is 0 Å². The molecule has 0 radical (unpaired) electrons. The van der Waals surface area contributed by atoms with Gasteiger partial charge in [0.2, 0.25) is 5.91 Å². The van der Waals surface area contributed by atoms with Crippen LogP contribution in [0.25, 0.3) is 0 Å². The van der Waals surface area contributed by atoms with E-state index in [-0.39, 0.29) is 11.3 Å². The Hall–Kier alpha value is -1.29. The van der Waals surface area contributed by atoms with Gasteiger partial charge in [0.25, 0.3) is 0 Å². The number of carbonyl (C=O) groups is 1. The lowest BCUT2D eigenvalue weighted by Crippen LogP contribution is -2.35. The van der Waals surface area contributed by atoms with Crippen molar-refractivity contribution in [3.63, 3.8) is 0 Å². The van der Waals surface area contributed by atoms with E-state index in [0.717, 1.165) is 42.9 Å². The summed E-state index contributed by atoms with van der Waals surface area (Å²) < 4.78 is 2.10. The normalized spacial score (nSPS) is 20.2. The van der Waals surface area contributed by atoms with Gasteiger partial charge in [0.1, 0.15) is 6.54 Å². The highest BCUT2D eigenvalue weighted by molar-refractivity contribution is 5.76. The minimum absolute atomic E-state index is 0.0766. The van der Waals surface area contributed by atoms with Crippen LogP contribution < -0.4 is 0 Å². The van der Waals surface area contributed by atoms with E-state index in [0.29, 0.717) is 6.54 Å². The summed E-state index contributed by atoms with van der Waals surface area (Å²) >= 11 is 0. The van der Waals surface area contributed by atoms with Gasteiger partial charge < -0.3 is 14.6 Å². The molecule has 0 aromatic carbocycles. The summed E-state index contributed by atoms with van der Waals surface area (Å²) in [6.07, 6.45) is 1.29. The predicted octanol–water partition coefficient (Wildman–Crippen LogP) is 2.67. The van der Waals surface area contributed by atoms with Gasteiger partial charge in [-0.1, -0.05) is 13.8 Å². The summed E-state index contributed by atoms with van der Waals surface area (Å²) in [6, 6.07) is 2.05. The Kier molecular flexibility index (Phi) is 4.47. The highest BCUT2D eigenvalue weighted by Crippen LogP contribution is 2.41. The van der Waals surface area contributed by atoms with Crippen molar-refractivity contribution in [1.29, 1.82) is 0 Å². The molecule has 0 saturated heterocycles. The van der Waals surface area contributed by atoms with Gasteiger partial charge in [0, 0.05) is 30.0 Å². The number of aromatic nitrogens is 1. The molecule has 1 N–H and O–H groups in total. The minimum atomic E-state index is -0.410. The molecule has 0 saturated carbocycles. The van der Waals surface area contributed by atoms with Gasteiger partial charge >= 0.3 is 0 Å². The molecule has 4 heteroatoms. The van der Waals surface area contributed by atoms with Crippen molar-refractivity contribution in [2.24, 2.45) is 5.41 Å². The fraction of sp³-hybridized carbons (Fsp3) is 0.706. The van der Waals surface area contributed by atoms with Gasteiger partial charge in [-0.3, -0.25) is 4.79 Å². The highest BCUT2D eigenvalue weighted by atomic mass is 16.3. The first-order chi connectivity index (χ1) is 9.79. The van der Waals surface area contributed by atoms with E-state index < -0.39 is 6.10 Å². The molecule has 0 spiro atoms. The SMILES string of the molecule is CCN(CC)C(=O)Cn1c(C)cc2c1CC(C)(C)CC2O. The molecule has 1 aromatic rings. The largest absolute Gasteiger partial charge is 0.388 e. The van der Waals surface area contributed by atoms with Crippen LogP contribution in [-0.2, 0) is 17.8 Å². The first-order valence-corrected chi connectivity index (χ1v) is 7.93. The Morgan fingerprint density at radius 2 is 2.05 bits per heavy atom. The fourth-order valence-corrected chi connectivity index (χ4v) is 3.43. The Bertz CT molecular complexity index is 527. The standard InChI is InChI=1S/C17H28N2O2/c1-6-18(7-2)16(21)11-19-12(3)8-13-14(19)9-17(4,5)10-15(13)20/h8,15,20H,6-7,9-11H2,1-5H3. The minimum Gasteiger partial charge on any atom is -0.388 e. The van der Waals surface area contributed by atoms with Crippen LogP contribution in [0.15, 0.2) is 6.07 Å². The van der Waals surface area contributed by atoms with Gasteiger partial charge in [-0.2, -0.15) is 0 Å². The summed E-state index contributed by atoms with van der Waals surface area (Å²) in [5, 5.41) is 10.4. The lowest BCUT2D eigenvalue weighted by Gasteiger charge is -2.34. The number of rotatable bonds is 4. The topological polar surface area (TPSA) is 45.5 Å². The maximum absolute atomic E-state index is 12.4. The van der Waals surface area contributed by atoms with E-state index in [9.17, 15) is 9.90 Å². The van der Waals surface area contributed by atoms with Gasteiger partial charge in [-0.25, -0.2) is 0 Å². The van der Waals surface area contributed by atoms with Gasteiger partial charge in [0.05, 0.1) is 6.10 Å². The van der Waals surface area contributed by atoms with Crippen LogP contribution in [0.3, 0.4) is 0 Å². The maximum atomic E-state index is 12.4. The summed E-state index contributed by atoms with van der Waals surface area (Å²) in [4.78, 5) is 14.3. The lowest BCUT2D eigenvalue weighted by atomic mass is 9.75. The van der Waals surface area contributed by atoms with Crippen LogP contribution >= 0.6 is 0 Å². The number of amides is 1. The van der Waals surface area contributed by atoms with E-state index in [1.807, 2.05) is 31.7 Å². The molecule has 0 fully saturated rings. The summed E-state index contributed by atoms with van der Waals surface area (Å²) in [5.41, 5.74) is 3.29. The zero-order chi connectivity index (χ0) is 15.8. The second kappa shape index (κ2) is 5.84. The quantitative estimate of drug-likeness (QED) is 0.927. The van der Waals surface area contributed by atoms with Crippen molar-refractivity contribution in [2.45, 2.75) is 60.1 Å². The first kappa shape index (κ1) is 16.1. The van der Waals surface area contributed by atoms with Gasteiger partial charge in [-0.05, 0) is 45.1 Å². The third-order valence-electron chi connectivity index (χ3n) is 4.61. The lowest BCUT2D eigenvalue weighted by molar-refractivity contribution is -0.131. The molecular formula is C17H28N2O2. The molecule has 1 heterocycles. The number of aliphatic hydroxyl groups is 1. The van der Waals surface area contributed by atoms with E-state index in [1.165, 1.54) is 0 Å². The number of aryl methyl sites for hydroxylation is 1. The molecule has 0 aliphatic heterocycles. The molecule has 118 valence electrons. The van der Waals surface area contributed by atoms with Crippen molar-refractivity contribution >= 4 is 5.91 Å². The van der Waals surface area contributed by atoms with Crippen molar-refractivity contribution in [1.82, 2.24) is 9.47 Å². The van der Waals surface area contributed by atoms with Crippen LogP contribution in [0.4, 0.5) is 0 Å². The summed E-state index contributed by atoms with van der Waals surface area (Å²) in [5.74, 6) is 0.152. The zero-order valence-electron chi connectivity index (χ0n) is 13.9. The zero-order valence-corrected chi connectivity index (χ0v) is 13.9. The van der Waals surface area contributed by atoms with Crippen molar-refractivity contribution in [3.05, 3.63) is 23.0 Å². The average molecular weight is 292 g/mol. The Morgan fingerprint density at radius 3 is 2.62 bits per heavy atom. The van der Waals surface area contributed by atoms with E-state index in [1.54, 1.807) is 0 Å². The number of carbonyl (C=O) groups excluding carboxylic acids is 1. The van der Waals surface area contributed by atoms with Crippen molar-refractivity contribution < 1.29 is 9.90 Å². The summed E-state index contributed by atoms with van der Waals surface area (Å²) in [6.45, 7) is 12.3. The molecule has 1 aromatic heterocycles. The molecule has 1 unspecified atom stereocenters. The van der Waals surface area contributed by atoms with Gasteiger partial charge in [-0.15, -0.1) is 0 Å². The van der Waals surface area contributed by atoms with Gasteiger partial charge in [0.15, 0.2) is 0 Å². The molecule has 21 heavy (non-hydrogen) atoms. The molecule has 1 aliphatic rings. The Balaban J connectivity index is 2.32. The van der Waals surface area contributed by atoms with Crippen LogP contribution in [-0.4, -0.2) is 33.6 Å². The third kappa shape index (κ3) is 3.15. The maximum Gasteiger partial charge on any atom is 0.242 e. The molecule has 4 nitrogen and oxygen atoms in total.